The molecule has 0 saturated carbocycles. The molecular formula is C19H17NO4. The van der Waals surface area contributed by atoms with Crippen LogP contribution in [0.25, 0.3) is 6.08 Å². The SMILES string of the molecule is COc1ccc(OC)c(/C=C/C(=O)OCc2cccc(C#N)c2)c1. The van der Waals surface area contributed by atoms with Gasteiger partial charge in [0.1, 0.15) is 18.1 Å². The number of carbonyl (C=O) groups is 1. The number of benzene rings is 2. The minimum Gasteiger partial charge on any atom is -0.497 e. The van der Waals surface area contributed by atoms with Gasteiger partial charge in [0.15, 0.2) is 0 Å². The summed E-state index contributed by atoms with van der Waals surface area (Å²) < 4.78 is 15.6. The molecule has 0 N–H and O–H groups in total. The fraction of sp³-hybridized carbons (Fsp3) is 0.158. The van der Waals surface area contributed by atoms with Crippen LogP contribution in [-0.2, 0) is 16.1 Å². The molecule has 0 spiro atoms. The summed E-state index contributed by atoms with van der Waals surface area (Å²) in [4.78, 5) is 11.9. The molecule has 0 aromatic heterocycles. The molecule has 0 aliphatic heterocycles. The third-order valence-corrected chi connectivity index (χ3v) is 3.27. The summed E-state index contributed by atoms with van der Waals surface area (Å²) in [6.45, 7) is 0.105. The lowest BCUT2D eigenvalue weighted by atomic mass is 10.1. The number of nitrogens with zero attached hydrogens (tertiary/aromatic N) is 1. The van der Waals surface area contributed by atoms with E-state index in [2.05, 4.69) is 0 Å². The molecule has 5 heteroatoms. The number of carbonyl (C=O) groups excluding carboxylic acids is 1. The van der Waals surface area contributed by atoms with E-state index in [1.54, 1.807) is 62.8 Å². The topological polar surface area (TPSA) is 68.6 Å². The molecule has 5 nitrogen and oxygen atoms in total. The van der Waals surface area contributed by atoms with Crippen LogP contribution < -0.4 is 9.47 Å². The zero-order valence-electron chi connectivity index (χ0n) is 13.5. The van der Waals surface area contributed by atoms with E-state index in [9.17, 15) is 4.79 Å². The van der Waals surface area contributed by atoms with Gasteiger partial charge in [0.25, 0.3) is 0 Å². The normalized spacial score (nSPS) is 10.2. The van der Waals surface area contributed by atoms with Gasteiger partial charge in [-0.05, 0) is 42.0 Å². The lowest BCUT2D eigenvalue weighted by molar-refractivity contribution is -0.138. The lowest BCUT2D eigenvalue weighted by Crippen LogP contribution is -2.01. The van der Waals surface area contributed by atoms with Crippen molar-refractivity contribution in [3.8, 4) is 17.6 Å². The Morgan fingerprint density at radius 3 is 2.71 bits per heavy atom. The van der Waals surface area contributed by atoms with E-state index < -0.39 is 5.97 Å². The van der Waals surface area contributed by atoms with Crippen LogP contribution in [0.3, 0.4) is 0 Å². The monoisotopic (exact) mass is 323 g/mol. The van der Waals surface area contributed by atoms with E-state index in [0.29, 0.717) is 22.6 Å². The Hall–Kier alpha value is -3.26. The van der Waals surface area contributed by atoms with Gasteiger partial charge in [-0.15, -0.1) is 0 Å². The van der Waals surface area contributed by atoms with E-state index in [0.717, 1.165) is 5.56 Å². The number of nitriles is 1. The van der Waals surface area contributed by atoms with Gasteiger partial charge in [-0.1, -0.05) is 12.1 Å². The first-order valence-corrected chi connectivity index (χ1v) is 7.22. The minimum atomic E-state index is -0.484. The third kappa shape index (κ3) is 4.62. The maximum Gasteiger partial charge on any atom is 0.331 e. The highest BCUT2D eigenvalue weighted by Gasteiger charge is 2.04. The molecule has 0 amide bonds. The first kappa shape index (κ1) is 17.1. The summed E-state index contributed by atoms with van der Waals surface area (Å²) >= 11 is 0. The van der Waals surface area contributed by atoms with Gasteiger partial charge < -0.3 is 14.2 Å². The number of hydrogen-bond acceptors (Lipinski definition) is 5. The zero-order chi connectivity index (χ0) is 17.4. The second-order valence-electron chi connectivity index (χ2n) is 4.86. The van der Waals surface area contributed by atoms with Crippen LogP contribution in [0.4, 0.5) is 0 Å². The maximum atomic E-state index is 11.9. The molecule has 2 aromatic carbocycles. The quantitative estimate of drug-likeness (QED) is 0.602. The van der Waals surface area contributed by atoms with Gasteiger partial charge in [0.05, 0.1) is 25.9 Å². The van der Waals surface area contributed by atoms with Crippen molar-refractivity contribution in [1.29, 1.82) is 5.26 Å². The number of hydrogen-bond donors (Lipinski definition) is 0. The van der Waals surface area contributed by atoms with E-state index in [1.165, 1.54) is 6.08 Å². The third-order valence-electron chi connectivity index (χ3n) is 3.27. The number of esters is 1. The van der Waals surface area contributed by atoms with E-state index in [4.69, 9.17) is 19.5 Å². The largest absolute Gasteiger partial charge is 0.497 e. The van der Waals surface area contributed by atoms with Crippen molar-refractivity contribution < 1.29 is 19.0 Å². The van der Waals surface area contributed by atoms with Crippen LogP contribution in [0.5, 0.6) is 11.5 Å². The molecule has 2 rings (SSSR count). The van der Waals surface area contributed by atoms with Crippen LogP contribution in [0, 0.1) is 11.3 Å². The first-order chi connectivity index (χ1) is 11.7. The number of methoxy groups -OCH3 is 2. The van der Waals surface area contributed by atoms with Gasteiger partial charge in [0.2, 0.25) is 0 Å². The van der Waals surface area contributed by atoms with Crippen LogP contribution in [0.2, 0.25) is 0 Å². The Kier molecular flexibility index (Phi) is 5.98. The molecule has 0 unspecified atom stereocenters. The highest BCUT2D eigenvalue weighted by molar-refractivity contribution is 5.87. The van der Waals surface area contributed by atoms with Gasteiger partial charge in [-0.25, -0.2) is 4.79 Å². The van der Waals surface area contributed by atoms with Gasteiger partial charge in [-0.2, -0.15) is 5.26 Å². The van der Waals surface area contributed by atoms with Crippen molar-refractivity contribution in [2.75, 3.05) is 14.2 Å². The average molecular weight is 323 g/mol. The summed E-state index contributed by atoms with van der Waals surface area (Å²) in [6, 6.07) is 14.3. The molecule has 0 radical (unpaired) electrons. The second kappa shape index (κ2) is 8.39. The second-order valence-corrected chi connectivity index (χ2v) is 4.86. The molecule has 0 fully saturated rings. The summed E-state index contributed by atoms with van der Waals surface area (Å²) in [5.41, 5.74) is 2.00. The number of ether oxygens (including phenoxy) is 3. The molecule has 122 valence electrons. The zero-order valence-corrected chi connectivity index (χ0v) is 13.5. The van der Waals surface area contributed by atoms with E-state index >= 15 is 0 Å². The summed E-state index contributed by atoms with van der Waals surface area (Å²) in [5, 5.41) is 8.85. The molecular weight excluding hydrogens is 306 g/mol. The molecule has 24 heavy (non-hydrogen) atoms. The van der Waals surface area contributed by atoms with Crippen molar-refractivity contribution in [2.24, 2.45) is 0 Å². The van der Waals surface area contributed by atoms with Crippen LogP contribution in [0.15, 0.2) is 48.5 Å². The standard InChI is InChI=1S/C19H17NO4/c1-22-17-7-8-18(23-2)16(11-17)6-9-19(21)24-13-15-5-3-4-14(10-15)12-20/h3-11H,13H2,1-2H3/b9-6+. The van der Waals surface area contributed by atoms with Crippen LogP contribution in [0.1, 0.15) is 16.7 Å². The van der Waals surface area contributed by atoms with E-state index in [1.807, 2.05) is 6.07 Å². The smallest absolute Gasteiger partial charge is 0.331 e. The lowest BCUT2D eigenvalue weighted by Gasteiger charge is -2.07. The average Bonchev–Trinajstić information content (AvgIpc) is 2.64. The van der Waals surface area contributed by atoms with Crippen LogP contribution in [-0.4, -0.2) is 20.2 Å². The maximum absolute atomic E-state index is 11.9. The Bertz CT molecular complexity index is 790. The van der Waals surface area contributed by atoms with Gasteiger partial charge in [-0.3, -0.25) is 0 Å². The summed E-state index contributed by atoms with van der Waals surface area (Å²) in [7, 11) is 3.12. The Morgan fingerprint density at radius 1 is 1.17 bits per heavy atom. The molecule has 0 aliphatic carbocycles. The molecule has 0 atom stereocenters. The predicted octanol–water partition coefficient (Wildman–Crippen LogP) is 3.33. The van der Waals surface area contributed by atoms with Crippen molar-refractivity contribution >= 4 is 12.0 Å². The van der Waals surface area contributed by atoms with Crippen molar-refractivity contribution in [3.63, 3.8) is 0 Å². The van der Waals surface area contributed by atoms with Crippen molar-refractivity contribution in [1.82, 2.24) is 0 Å². The van der Waals surface area contributed by atoms with E-state index in [-0.39, 0.29) is 6.61 Å². The van der Waals surface area contributed by atoms with Crippen molar-refractivity contribution in [2.45, 2.75) is 6.61 Å². The molecule has 0 heterocycles. The Labute approximate surface area is 140 Å². The van der Waals surface area contributed by atoms with Crippen molar-refractivity contribution in [3.05, 3.63) is 65.2 Å². The molecule has 0 aliphatic rings. The summed E-state index contributed by atoms with van der Waals surface area (Å²) in [6.07, 6.45) is 2.93. The molecule has 0 bridgehead atoms. The predicted molar refractivity (Wildman–Crippen MR) is 89.5 cm³/mol. The highest BCUT2D eigenvalue weighted by atomic mass is 16.5. The Morgan fingerprint density at radius 2 is 2.00 bits per heavy atom. The highest BCUT2D eigenvalue weighted by Crippen LogP contribution is 2.25. The Balaban J connectivity index is 2.01. The number of rotatable bonds is 6. The minimum absolute atomic E-state index is 0.105. The fourth-order valence-electron chi connectivity index (χ4n) is 2.06. The molecule has 2 aromatic rings. The van der Waals surface area contributed by atoms with Gasteiger partial charge in [0, 0.05) is 11.6 Å². The summed E-state index contributed by atoms with van der Waals surface area (Å²) in [5.74, 6) is 0.806. The van der Waals surface area contributed by atoms with Crippen LogP contribution >= 0.6 is 0 Å². The first-order valence-electron chi connectivity index (χ1n) is 7.22. The van der Waals surface area contributed by atoms with Gasteiger partial charge >= 0.3 is 5.97 Å². The fourth-order valence-corrected chi connectivity index (χ4v) is 2.06. The molecule has 0 saturated heterocycles.